The summed E-state index contributed by atoms with van der Waals surface area (Å²) in [6.45, 7) is 1.50. The number of nitro groups is 1. The molecule has 37 heavy (non-hydrogen) atoms. The Bertz CT molecular complexity index is 1590. The fraction of sp³-hybridized carbons (Fsp3) is 0.0833. The fourth-order valence-corrected chi connectivity index (χ4v) is 5.85. The maximum absolute atomic E-state index is 13.0. The van der Waals surface area contributed by atoms with E-state index in [-0.39, 0.29) is 28.0 Å². The van der Waals surface area contributed by atoms with Crippen molar-refractivity contribution >= 4 is 73.4 Å². The summed E-state index contributed by atoms with van der Waals surface area (Å²) < 4.78 is 36.5. The third-order valence-electron chi connectivity index (χ3n) is 5.21. The van der Waals surface area contributed by atoms with Crippen molar-refractivity contribution in [2.45, 2.75) is 11.8 Å². The molecule has 0 aliphatic carbocycles. The third kappa shape index (κ3) is 5.62. The highest BCUT2D eigenvalue weighted by atomic mass is 35.5. The summed E-state index contributed by atoms with van der Waals surface area (Å²) >= 11 is 12.5. The number of nitro benzene ring substituents is 1. The van der Waals surface area contributed by atoms with Crippen LogP contribution in [-0.2, 0) is 14.9 Å². The van der Waals surface area contributed by atoms with Crippen molar-refractivity contribution in [3.05, 3.63) is 91.8 Å². The van der Waals surface area contributed by atoms with Crippen LogP contribution in [0, 0.1) is 17.0 Å². The van der Waals surface area contributed by atoms with Gasteiger partial charge in [0.2, 0.25) is 0 Å². The number of benzene rings is 3. The number of carbonyl (C=O) groups is 1. The molecule has 0 bridgehead atoms. The van der Waals surface area contributed by atoms with E-state index in [0.717, 1.165) is 17.8 Å². The maximum atomic E-state index is 13.0. The van der Waals surface area contributed by atoms with Gasteiger partial charge in [-0.1, -0.05) is 53.8 Å². The summed E-state index contributed by atoms with van der Waals surface area (Å²) in [6.07, 6.45) is 1.59. The molecule has 0 N–H and O–H groups in total. The number of thiocarbonyl (C=S) groups is 1. The van der Waals surface area contributed by atoms with Gasteiger partial charge < -0.3 is 8.92 Å². The molecule has 0 aromatic heterocycles. The SMILES string of the molecule is COc1cc(/C=C2/SC(=S)N(c3cccc(Cl)c3)C2=O)ccc1OS(=O)(=O)c1ccc(C)c([N+](=O)[O-])c1. The van der Waals surface area contributed by atoms with Crippen LogP contribution in [0.4, 0.5) is 11.4 Å². The van der Waals surface area contributed by atoms with Crippen LogP contribution < -0.4 is 13.8 Å². The molecule has 1 amide bonds. The number of amides is 1. The van der Waals surface area contributed by atoms with Gasteiger partial charge in [-0.3, -0.25) is 19.8 Å². The van der Waals surface area contributed by atoms with E-state index >= 15 is 0 Å². The molecular weight excluding hydrogens is 560 g/mol. The van der Waals surface area contributed by atoms with Crippen molar-refractivity contribution in [3.63, 3.8) is 0 Å². The molecule has 4 rings (SSSR count). The average Bonchev–Trinajstić information content (AvgIpc) is 3.12. The first-order chi connectivity index (χ1) is 17.5. The fourth-order valence-electron chi connectivity index (χ4n) is 3.41. The number of aryl methyl sites for hydroxylation is 1. The van der Waals surface area contributed by atoms with Crippen LogP contribution in [0.5, 0.6) is 11.5 Å². The van der Waals surface area contributed by atoms with Gasteiger partial charge in [0, 0.05) is 16.7 Å². The normalized spacial score (nSPS) is 14.8. The van der Waals surface area contributed by atoms with Crippen LogP contribution in [0.2, 0.25) is 5.02 Å². The summed E-state index contributed by atoms with van der Waals surface area (Å²) in [5, 5.41) is 11.7. The Hall–Kier alpha value is -3.45. The highest BCUT2D eigenvalue weighted by Gasteiger charge is 2.33. The van der Waals surface area contributed by atoms with E-state index in [9.17, 15) is 23.3 Å². The van der Waals surface area contributed by atoms with Crippen LogP contribution in [0.25, 0.3) is 6.08 Å². The van der Waals surface area contributed by atoms with Gasteiger partial charge in [0.1, 0.15) is 4.90 Å². The number of methoxy groups -OCH3 is 1. The zero-order valence-corrected chi connectivity index (χ0v) is 22.4. The molecule has 1 aliphatic rings. The quantitative estimate of drug-likeness (QED) is 0.114. The molecule has 1 fully saturated rings. The molecule has 3 aromatic rings. The number of hydrogen-bond donors (Lipinski definition) is 0. The van der Waals surface area contributed by atoms with Crippen molar-refractivity contribution in [1.29, 1.82) is 0 Å². The molecule has 0 unspecified atom stereocenters. The van der Waals surface area contributed by atoms with Gasteiger partial charge >= 0.3 is 10.1 Å². The highest BCUT2D eigenvalue weighted by molar-refractivity contribution is 8.27. The Morgan fingerprint density at radius 1 is 1.11 bits per heavy atom. The van der Waals surface area contributed by atoms with Gasteiger partial charge in [0.15, 0.2) is 15.8 Å². The van der Waals surface area contributed by atoms with Crippen LogP contribution in [-0.4, -0.2) is 30.7 Å². The summed E-state index contributed by atoms with van der Waals surface area (Å²) in [5.41, 5.74) is 1.04. The topological polar surface area (TPSA) is 116 Å². The lowest BCUT2D eigenvalue weighted by atomic mass is 10.2. The monoisotopic (exact) mass is 576 g/mol. The third-order valence-corrected chi connectivity index (χ3v) is 7.98. The zero-order valence-electron chi connectivity index (χ0n) is 19.2. The lowest BCUT2D eigenvalue weighted by Gasteiger charge is -2.14. The standard InChI is InChI=1S/C24H17ClN2O7S3/c1-14-6-8-18(13-19(14)27(29)30)37(31,32)34-20-9-7-15(10-21(20)33-2)11-22-23(28)26(24(35)36-22)17-5-3-4-16(25)12-17/h3-13H,1-2H3/b22-11+. The van der Waals surface area contributed by atoms with Crippen LogP contribution in [0.15, 0.2) is 70.5 Å². The second kappa shape index (κ2) is 10.5. The van der Waals surface area contributed by atoms with Gasteiger partial charge in [0.05, 0.1) is 22.6 Å². The second-order valence-corrected chi connectivity index (χ2v) is 11.3. The molecule has 1 heterocycles. The van der Waals surface area contributed by atoms with E-state index in [0.29, 0.717) is 31.1 Å². The van der Waals surface area contributed by atoms with E-state index in [1.807, 2.05) is 0 Å². The molecule has 190 valence electrons. The lowest BCUT2D eigenvalue weighted by Crippen LogP contribution is -2.27. The minimum atomic E-state index is -4.40. The minimum Gasteiger partial charge on any atom is -0.493 e. The number of rotatable bonds is 7. The summed E-state index contributed by atoms with van der Waals surface area (Å²) in [4.78, 5) is 24.9. The van der Waals surface area contributed by atoms with E-state index < -0.39 is 15.0 Å². The first-order valence-electron chi connectivity index (χ1n) is 10.4. The highest BCUT2D eigenvalue weighted by Crippen LogP contribution is 2.38. The van der Waals surface area contributed by atoms with Crippen LogP contribution in [0.3, 0.4) is 0 Å². The van der Waals surface area contributed by atoms with Crippen molar-refractivity contribution in [2.24, 2.45) is 0 Å². The van der Waals surface area contributed by atoms with Gasteiger partial charge in [-0.15, -0.1) is 0 Å². The molecule has 0 radical (unpaired) electrons. The number of thioether (sulfide) groups is 1. The first kappa shape index (κ1) is 26.6. The number of halogens is 1. The number of anilines is 1. The van der Waals surface area contributed by atoms with E-state index in [1.54, 1.807) is 30.3 Å². The Morgan fingerprint density at radius 2 is 1.86 bits per heavy atom. The Morgan fingerprint density at radius 3 is 2.54 bits per heavy atom. The Kier molecular flexibility index (Phi) is 7.55. The van der Waals surface area contributed by atoms with Crippen molar-refractivity contribution in [2.75, 3.05) is 12.0 Å². The smallest absolute Gasteiger partial charge is 0.339 e. The van der Waals surface area contributed by atoms with Crippen molar-refractivity contribution in [3.8, 4) is 11.5 Å². The van der Waals surface area contributed by atoms with Gasteiger partial charge in [-0.25, -0.2) is 0 Å². The molecule has 1 aliphatic heterocycles. The van der Waals surface area contributed by atoms with Gasteiger partial charge in [-0.2, -0.15) is 8.42 Å². The molecule has 3 aromatic carbocycles. The lowest BCUT2D eigenvalue weighted by molar-refractivity contribution is -0.385. The Labute approximate surface area is 226 Å². The maximum Gasteiger partial charge on any atom is 0.339 e. The largest absolute Gasteiger partial charge is 0.493 e. The molecular formula is C24H17ClN2O7S3. The molecule has 1 saturated heterocycles. The number of carbonyl (C=O) groups excluding carboxylic acids is 1. The number of nitrogens with zero attached hydrogens (tertiary/aromatic N) is 2. The van der Waals surface area contributed by atoms with Crippen molar-refractivity contribution in [1.82, 2.24) is 0 Å². The molecule has 0 saturated carbocycles. The van der Waals surface area contributed by atoms with E-state index in [4.69, 9.17) is 32.7 Å². The van der Waals surface area contributed by atoms with Gasteiger partial charge in [-0.05, 0) is 55.0 Å². The van der Waals surface area contributed by atoms with Crippen LogP contribution >= 0.6 is 35.6 Å². The summed E-state index contributed by atoms with van der Waals surface area (Å²) in [7, 11) is -3.08. The summed E-state index contributed by atoms with van der Waals surface area (Å²) in [6, 6.07) is 14.6. The molecule has 13 heteroatoms. The minimum absolute atomic E-state index is 0.0734. The molecule has 9 nitrogen and oxygen atoms in total. The first-order valence-corrected chi connectivity index (χ1v) is 13.4. The van der Waals surface area contributed by atoms with Crippen LogP contribution in [0.1, 0.15) is 11.1 Å². The number of hydrogen-bond acceptors (Lipinski definition) is 9. The number of ether oxygens (including phenoxy) is 1. The van der Waals surface area contributed by atoms with Gasteiger partial charge in [0.25, 0.3) is 11.6 Å². The zero-order chi connectivity index (χ0) is 26.9. The van der Waals surface area contributed by atoms with E-state index in [1.165, 1.54) is 49.3 Å². The molecule has 0 atom stereocenters. The second-order valence-electron chi connectivity index (χ2n) is 7.65. The predicted molar refractivity (Wildman–Crippen MR) is 146 cm³/mol. The predicted octanol–water partition coefficient (Wildman–Crippen LogP) is 5.74. The Balaban J connectivity index is 1.61. The molecule has 0 spiro atoms. The van der Waals surface area contributed by atoms with E-state index in [2.05, 4.69) is 0 Å². The summed E-state index contributed by atoms with van der Waals surface area (Å²) in [5.74, 6) is -0.390. The average molecular weight is 577 g/mol. The van der Waals surface area contributed by atoms with Crippen molar-refractivity contribution < 1.29 is 27.1 Å².